The topological polar surface area (TPSA) is 137 Å². The van der Waals surface area contributed by atoms with Crippen LogP contribution in [0.4, 0.5) is 15.8 Å². The summed E-state index contributed by atoms with van der Waals surface area (Å²) in [5.41, 5.74) is -0.0113. The summed E-state index contributed by atoms with van der Waals surface area (Å²) in [7, 11) is 0. The number of rotatable bonds is 8. The molecule has 3 rings (SSSR count). The van der Waals surface area contributed by atoms with Crippen molar-refractivity contribution in [2.75, 3.05) is 11.9 Å². The van der Waals surface area contributed by atoms with Crippen molar-refractivity contribution in [3.8, 4) is 11.4 Å². The number of aryl methyl sites for hydroxylation is 1. The molecule has 30 heavy (non-hydrogen) atoms. The zero-order valence-corrected chi connectivity index (χ0v) is 15.4. The molecular formula is C19H15FN4O6. The number of carbonyl (C=O) groups is 2. The first-order valence-electron chi connectivity index (χ1n) is 8.70. The summed E-state index contributed by atoms with van der Waals surface area (Å²) in [6, 6.07) is 11.8. The Balaban J connectivity index is 1.46. The predicted octanol–water partition coefficient (Wildman–Crippen LogP) is 2.90. The molecule has 2 aromatic carbocycles. The molecule has 0 spiro atoms. The number of aromatic nitrogens is 2. The number of anilines is 1. The van der Waals surface area contributed by atoms with Gasteiger partial charge in [0, 0.05) is 24.1 Å². The third-order valence-electron chi connectivity index (χ3n) is 3.84. The highest BCUT2D eigenvalue weighted by Crippen LogP contribution is 2.21. The van der Waals surface area contributed by atoms with E-state index in [1.807, 2.05) is 30.3 Å². The average molecular weight is 414 g/mol. The SMILES string of the molecule is O=C(COC(=O)CCc1nc(-c2ccccc2)no1)Nc1cc([N+](=O)[O-])ccc1F. The van der Waals surface area contributed by atoms with Crippen LogP contribution in [-0.2, 0) is 20.7 Å². The Morgan fingerprint density at radius 1 is 1.20 bits per heavy atom. The molecule has 1 heterocycles. The number of carbonyl (C=O) groups excluding carboxylic acids is 2. The van der Waals surface area contributed by atoms with Crippen LogP contribution in [-0.4, -0.2) is 33.5 Å². The molecule has 0 atom stereocenters. The van der Waals surface area contributed by atoms with E-state index in [9.17, 15) is 24.1 Å². The molecular weight excluding hydrogens is 399 g/mol. The maximum Gasteiger partial charge on any atom is 0.306 e. The third-order valence-corrected chi connectivity index (χ3v) is 3.84. The minimum atomic E-state index is -0.856. The Morgan fingerprint density at radius 2 is 1.97 bits per heavy atom. The highest BCUT2D eigenvalue weighted by molar-refractivity contribution is 5.93. The van der Waals surface area contributed by atoms with Gasteiger partial charge in [-0.2, -0.15) is 4.98 Å². The van der Waals surface area contributed by atoms with Crippen molar-refractivity contribution in [1.82, 2.24) is 10.1 Å². The number of amides is 1. The lowest BCUT2D eigenvalue weighted by Crippen LogP contribution is -2.21. The van der Waals surface area contributed by atoms with Gasteiger partial charge in [0.1, 0.15) is 5.82 Å². The normalized spacial score (nSPS) is 10.4. The Hall–Kier alpha value is -4.15. The van der Waals surface area contributed by atoms with Crippen LogP contribution in [0.15, 0.2) is 53.1 Å². The number of esters is 1. The minimum absolute atomic E-state index is 0.111. The molecule has 0 saturated carbocycles. The van der Waals surface area contributed by atoms with Crippen LogP contribution >= 0.6 is 0 Å². The van der Waals surface area contributed by atoms with E-state index < -0.39 is 34.9 Å². The molecule has 0 saturated heterocycles. The molecule has 0 aliphatic heterocycles. The fourth-order valence-electron chi connectivity index (χ4n) is 2.40. The Labute approximate surface area is 168 Å². The maximum atomic E-state index is 13.7. The summed E-state index contributed by atoms with van der Waals surface area (Å²) in [5, 5.41) is 16.7. The molecule has 0 aliphatic carbocycles. The van der Waals surface area contributed by atoms with E-state index in [0.29, 0.717) is 5.82 Å². The first kappa shape index (κ1) is 20.6. The number of ether oxygens (including phenoxy) is 1. The first-order chi connectivity index (χ1) is 14.4. The molecule has 3 aromatic rings. The fraction of sp³-hybridized carbons (Fsp3) is 0.158. The largest absolute Gasteiger partial charge is 0.456 e. The van der Waals surface area contributed by atoms with Crippen molar-refractivity contribution in [3.63, 3.8) is 0 Å². The molecule has 11 heteroatoms. The molecule has 0 fully saturated rings. The monoisotopic (exact) mass is 414 g/mol. The summed E-state index contributed by atoms with van der Waals surface area (Å²) >= 11 is 0. The number of non-ortho nitro benzene ring substituents is 1. The van der Waals surface area contributed by atoms with Gasteiger partial charge in [-0.25, -0.2) is 4.39 Å². The zero-order chi connectivity index (χ0) is 21.5. The number of nitrogens with zero attached hydrogens (tertiary/aromatic N) is 3. The van der Waals surface area contributed by atoms with E-state index in [4.69, 9.17) is 9.26 Å². The lowest BCUT2D eigenvalue weighted by molar-refractivity contribution is -0.384. The van der Waals surface area contributed by atoms with Crippen LogP contribution in [0.5, 0.6) is 0 Å². The Kier molecular flexibility index (Phi) is 6.42. The summed E-state index contributed by atoms with van der Waals surface area (Å²) in [6.07, 6.45) is -0.00529. The van der Waals surface area contributed by atoms with E-state index in [-0.39, 0.29) is 24.4 Å². The maximum absolute atomic E-state index is 13.7. The first-order valence-corrected chi connectivity index (χ1v) is 8.70. The van der Waals surface area contributed by atoms with E-state index in [0.717, 1.165) is 23.8 Å². The van der Waals surface area contributed by atoms with Gasteiger partial charge in [0.05, 0.1) is 17.0 Å². The van der Waals surface area contributed by atoms with Gasteiger partial charge in [0.25, 0.3) is 11.6 Å². The van der Waals surface area contributed by atoms with Gasteiger partial charge >= 0.3 is 5.97 Å². The van der Waals surface area contributed by atoms with Gasteiger partial charge in [0.15, 0.2) is 6.61 Å². The molecule has 1 N–H and O–H groups in total. The molecule has 0 unspecified atom stereocenters. The predicted molar refractivity (Wildman–Crippen MR) is 101 cm³/mol. The van der Waals surface area contributed by atoms with Crippen LogP contribution in [0.1, 0.15) is 12.3 Å². The zero-order valence-electron chi connectivity index (χ0n) is 15.4. The third kappa shape index (κ3) is 5.44. The second-order valence-corrected chi connectivity index (χ2v) is 6.01. The van der Waals surface area contributed by atoms with Crippen molar-refractivity contribution in [2.45, 2.75) is 12.8 Å². The number of hydrogen-bond acceptors (Lipinski definition) is 8. The lowest BCUT2D eigenvalue weighted by Gasteiger charge is -2.07. The van der Waals surface area contributed by atoms with E-state index >= 15 is 0 Å². The number of benzene rings is 2. The highest BCUT2D eigenvalue weighted by Gasteiger charge is 2.15. The minimum Gasteiger partial charge on any atom is -0.456 e. The van der Waals surface area contributed by atoms with Crippen molar-refractivity contribution < 1.29 is 28.2 Å². The Morgan fingerprint density at radius 3 is 2.70 bits per heavy atom. The van der Waals surface area contributed by atoms with Crippen molar-refractivity contribution in [3.05, 3.63) is 70.4 Å². The van der Waals surface area contributed by atoms with Crippen LogP contribution < -0.4 is 5.32 Å². The van der Waals surface area contributed by atoms with Crippen LogP contribution in [0.3, 0.4) is 0 Å². The number of nitro benzene ring substituents is 1. The van der Waals surface area contributed by atoms with Crippen molar-refractivity contribution in [1.29, 1.82) is 0 Å². The summed E-state index contributed by atoms with van der Waals surface area (Å²) in [4.78, 5) is 37.8. The van der Waals surface area contributed by atoms with Gasteiger partial charge in [-0.05, 0) is 6.07 Å². The molecule has 1 aromatic heterocycles. The van der Waals surface area contributed by atoms with Gasteiger partial charge < -0.3 is 14.6 Å². The van der Waals surface area contributed by atoms with Crippen molar-refractivity contribution >= 4 is 23.3 Å². The second kappa shape index (κ2) is 9.37. The smallest absolute Gasteiger partial charge is 0.306 e. The molecule has 154 valence electrons. The number of nitro groups is 1. The van der Waals surface area contributed by atoms with Gasteiger partial charge in [-0.15, -0.1) is 0 Å². The van der Waals surface area contributed by atoms with E-state index in [1.165, 1.54) is 0 Å². The van der Waals surface area contributed by atoms with Gasteiger partial charge in [-0.1, -0.05) is 35.5 Å². The van der Waals surface area contributed by atoms with Crippen LogP contribution in [0, 0.1) is 15.9 Å². The summed E-state index contributed by atoms with van der Waals surface area (Å²) in [5.74, 6) is -1.78. The standard InChI is InChI=1S/C19H15FN4O6/c20-14-7-6-13(24(27)28)10-15(14)21-16(25)11-29-18(26)9-8-17-22-19(23-30-17)12-4-2-1-3-5-12/h1-7,10H,8-9,11H2,(H,21,25). The fourth-order valence-corrected chi connectivity index (χ4v) is 2.40. The highest BCUT2D eigenvalue weighted by atomic mass is 19.1. The second-order valence-electron chi connectivity index (χ2n) is 6.01. The Bertz CT molecular complexity index is 1070. The number of nitrogens with one attached hydrogen (secondary N) is 1. The van der Waals surface area contributed by atoms with Crippen LogP contribution in [0.2, 0.25) is 0 Å². The van der Waals surface area contributed by atoms with E-state index in [2.05, 4.69) is 15.5 Å². The van der Waals surface area contributed by atoms with Crippen LogP contribution in [0.25, 0.3) is 11.4 Å². The molecule has 0 aliphatic rings. The quantitative estimate of drug-likeness (QED) is 0.337. The summed E-state index contributed by atoms with van der Waals surface area (Å²) < 4.78 is 23.5. The molecule has 1 amide bonds. The molecule has 10 nitrogen and oxygen atoms in total. The molecule has 0 radical (unpaired) electrons. The lowest BCUT2D eigenvalue weighted by atomic mass is 10.2. The van der Waals surface area contributed by atoms with Gasteiger partial charge in [0.2, 0.25) is 11.7 Å². The van der Waals surface area contributed by atoms with E-state index in [1.54, 1.807) is 0 Å². The number of hydrogen-bond donors (Lipinski definition) is 1. The van der Waals surface area contributed by atoms with Crippen molar-refractivity contribution in [2.24, 2.45) is 0 Å². The van der Waals surface area contributed by atoms with Gasteiger partial charge in [-0.3, -0.25) is 19.7 Å². The average Bonchev–Trinajstić information content (AvgIpc) is 3.22. The molecule has 0 bridgehead atoms. The number of halogens is 1. The summed E-state index contributed by atoms with van der Waals surface area (Å²) in [6.45, 7) is -0.680.